The van der Waals surface area contributed by atoms with Crippen LogP contribution in [0.3, 0.4) is 0 Å². The van der Waals surface area contributed by atoms with Crippen molar-refractivity contribution in [3.05, 3.63) is 51.1 Å². The maximum absolute atomic E-state index is 13.0. The Hall–Kier alpha value is -4.29. The van der Waals surface area contributed by atoms with E-state index in [4.69, 9.17) is 22.9 Å². The predicted octanol–water partition coefficient (Wildman–Crippen LogP) is -2.33. The number of hydrogen-bond donors (Lipinski definition) is 8. The standard InChI is InChI=1S/C23H34N10O6S2/c24-21(25)28-10-4-8-15(19(35)17-13-40-23(37)32-17)31-18(34)12-30-20(36)16(9-5-11-29-22(26)27)33-41(38,39)14-6-2-1-3-7-14/h1-3,6-7,13,15-16,33H,4-5,8-12H2,(H,30,36)(H,31,34)(H,32,37)(H4,24,25,28)(H4,26,27,29)/t15-,16+/m0/s1. The molecule has 18 heteroatoms. The molecule has 0 aliphatic carbocycles. The van der Waals surface area contributed by atoms with Crippen LogP contribution in [0.2, 0.25) is 0 Å². The number of nitrogens with two attached hydrogens (primary N) is 4. The molecule has 0 radical (unpaired) electrons. The smallest absolute Gasteiger partial charge is 0.305 e. The lowest BCUT2D eigenvalue weighted by molar-refractivity contribution is -0.127. The largest absolute Gasteiger partial charge is 0.370 e. The second-order valence-corrected chi connectivity index (χ2v) is 11.2. The quantitative estimate of drug-likeness (QED) is 0.0409. The molecule has 0 saturated heterocycles. The van der Waals surface area contributed by atoms with Gasteiger partial charge in [0.05, 0.1) is 23.2 Å². The van der Waals surface area contributed by atoms with Gasteiger partial charge in [-0.15, -0.1) is 0 Å². The van der Waals surface area contributed by atoms with Gasteiger partial charge in [-0.25, -0.2) is 8.42 Å². The van der Waals surface area contributed by atoms with Gasteiger partial charge >= 0.3 is 4.87 Å². The van der Waals surface area contributed by atoms with Gasteiger partial charge in [-0.05, 0) is 37.8 Å². The van der Waals surface area contributed by atoms with Crippen LogP contribution in [0.4, 0.5) is 0 Å². The Morgan fingerprint density at radius 2 is 1.51 bits per heavy atom. The molecule has 0 unspecified atom stereocenters. The minimum Gasteiger partial charge on any atom is -0.370 e. The molecule has 0 fully saturated rings. The maximum Gasteiger partial charge on any atom is 0.305 e. The van der Waals surface area contributed by atoms with Crippen LogP contribution in [0.25, 0.3) is 0 Å². The Morgan fingerprint density at radius 3 is 2.05 bits per heavy atom. The van der Waals surface area contributed by atoms with Crippen LogP contribution < -0.4 is 43.2 Å². The van der Waals surface area contributed by atoms with E-state index in [2.05, 4.69) is 30.3 Å². The van der Waals surface area contributed by atoms with E-state index < -0.39 is 51.1 Å². The number of guanidine groups is 2. The summed E-state index contributed by atoms with van der Waals surface area (Å²) in [7, 11) is -4.07. The number of aliphatic imine (C=N–C) groups is 2. The minimum atomic E-state index is -4.07. The van der Waals surface area contributed by atoms with Crippen LogP contribution in [0, 0.1) is 0 Å². The minimum absolute atomic E-state index is 0.0207. The van der Waals surface area contributed by atoms with Crippen LogP contribution >= 0.6 is 11.3 Å². The molecule has 0 saturated carbocycles. The molecule has 2 aromatic rings. The first kappa shape index (κ1) is 32.9. The highest BCUT2D eigenvalue weighted by molar-refractivity contribution is 7.89. The first-order valence-electron chi connectivity index (χ1n) is 12.4. The van der Waals surface area contributed by atoms with Crippen LogP contribution in [0.15, 0.2) is 55.4 Å². The molecule has 2 atom stereocenters. The summed E-state index contributed by atoms with van der Waals surface area (Å²) in [6, 6.07) is 5.15. The Morgan fingerprint density at radius 1 is 0.927 bits per heavy atom. The number of amides is 2. The van der Waals surface area contributed by atoms with E-state index >= 15 is 0 Å². The van der Waals surface area contributed by atoms with Gasteiger partial charge in [0.2, 0.25) is 27.6 Å². The zero-order chi connectivity index (χ0) is 30.4. The third kappa shape index (κ3) is 11.8. The number of H-pyrrole nitrogens is 1. The summed E-state index contributed by atoms with van der Waals surface area (Å²) in [5.74, 6) is -2.32. The Kier molecular flexibility index (Phi) is 12.9. The summed E-state index contributed by atoms with van der Waals surface area (Å²) in [5, 5.41) is 6.26. The lowest BCUT2D eigenvalue weighted by Gasteiger charge is -2.20. The number of aromatic amines is 1. The van der Waals surface area contributed by atoms with E-state index in [9.17, 15) is 27.6 Å². The number of aromatic nitrogens is 1. The average molecular weight is 611 g/mol. The topological polar surface area (TPSA) is 283 Å². The van der Waals surface area contributed by atoms with Crippen molar-refractivity contribution in [1.29, 1.82) is 0 Å². The van der Waals surface area contributed by atoms with Gasteiger partial charge in [0.25, 0.3) is 0 Å². The van der Waals surface area contributed by atoms with Crippen LogP contribution in [0.5, 0.6) is 0 Å². The second-order valence-electron chi connectivity index (χ2n) is 8.65. The highest BCUT2D eigenvalue weighted by Crippen LogP contribution is 2.11. The fourth-order valence-corrected chi connectivity index (χ4v) is 5.32. The van der Waals surface area contributed by atoms with Crippen molar-refractivity contribution >= 4 is 50.9 Å². The Labute approximate surface area is 240 Å². The number of carbonyl (C=O) groups is 3. The molecule has 224 valence electrons. The van der Waals surface area contributed by atoms with Gasteiger partial charge in [0.15, 0.2) is 11.9 Å². The summed E-state index contributed by atoms with van der Waals surface area (Å²) >= 11 is 0.796. The summed E-state index contributed by atoms with van der Waals surface area (Å²) in [6.07, 6.45) is 0.740. The van der Waals surface area contributed by atoms with E-state index in [1.54, 1.807) is 6.07 Å². The number of nitrogens with zero attached hydrogens (tertiary/aromatic N) is 2. The number of ketones is 1. The monoisotopic (exact) mass is 610 g/mol. The molecular weight excluding hydrogens is 576 g/mol. The second kappa shape index (κ2) is 16.1. The van der Waals surface area contributed by atoms with Crippen LogP contribution in [-0.4, -0.2) is 74.6 Å². The van der Waals surface area contributed by atoms with Crippen LogP contribution in [0.1, 0.15) is 36.2 Å². The van der Waals surface area contributed by atoms with E-state index in [1.807, 2.05) is 0 Å². The molecule has 1 aromatic heterocycles. The molecule has 0 aliphatic heterocycles. The third-order valence-corrected chi connectivity index (χ3v) is 7.58. The number of Topliss-reactive ketones (excluding diaryl/α,β-unsaturated/α-hetero) is 1. The molecule has 12 N–H and O–H groups in total. The normalized spacial score (nSPS) is 12.5. The van der Waals surface area contributed by atoms with E-state index in [1.165, 1.54) is 29.6 Å². The van der Waals surface area contributed by atoms with Gasteiger partial charge in [-0.1, -0.05) is 29.5 Å². The maximum atomic E-state index is 13.0. The summed E-state index contributed by atoms with van der Waals surface area (Å²) in [6.45, 7) is -0.218. The summed E-state index contributed by atoms with van der Waals surface area (Å²) in [4.78, 5) is 59.6. The van der Waals surface area contributed by atoms with Gasteiger partial charge in [0, 0.05) is 18.5 Å². The molecule has 16 nitrogen and oxygen atoms in total. The fourth-order valence-electron chi connectivity index (χ4n) is 3.50. The Bertz CT molecular complexity index is 1400. The first-order chi connectivity index (χ1) is 19.4. The van der Waals surface area contributed by atoms with Gasteiger partial charge in [-0.2, -0.15) is 4.72 Å². The van der Waals surface area contributed by atoms with Crippen LogP contribution in [-0.2, 0) is 19.6 Å². The number of benzene rings is 1. The van der Waals surface area contributed by atoms with Crippen molar-refractivity contribution in [2.45, 2.75) is 42.7 Å². The molecule has 0 bridgehead atoms. The van der Waals surface area contributed by atoms with Gasteiger partial charge in [-0.3, -0.25) is 29.2 Å². The molecule has 1 heterocycles. The summed E-state index contributed by atoms with van der Waals surface area (Å²) < 4.78 is 28.0. The molecular formula is C23H34N10O6S2. The third-order valence-electron chi connectivity index (χ3n) is 5.42. The number of hydrogen-bond acceptors (Lipinski definition) is 9. The lowest BCUT2D eigenvalue weighted by Crippen LogP contribution is -2.50. The fraction of sp³-hybridized carbons (Fsp3) is 0.391. The molecule has 0 spiro atoms. The van der Waals surface area contributed by atoms with Crippen molar-refractivity contribution in [3.63, 3.8) is 0 Å². The summed E-state index contributed by atoms with van der Waals surface area (Å²) in [5.41, 5.74) is 21.3. The number of sulfonamides is 1. The van der Waals surface area contributed by atoms with Crippen molar-refractivity contribution in [3.8, 4) is 0 Å². The first-order valence-corrected chi connectivity index (χ1v) is 14.7. The molecule has 41 heavy (non-hydrogen) atoms. The van der Waals surface area contributed by atoms with Crippen molar-refractivity contribution in [2.75, 3.05) is 19.6 Å². The van der Waals surface area contributed by atoms with Crippen molar-refractivity contribution in [2.24, 2.45) is 32.9 Å². The SMILES string of the molecule is NC(N)=NCCC[C@H](NC(=O)CNC(=O)[C@@H](CCCN=C(N)N)NS(=O)(=O)c1ccccc1)C(=O)c1csc(=O)[nH]1. The molecule has 1 aromatic carbocycles. The number of thiazole rings is 1. The highest BCUT2D eigenvalue weighted by Gasteiger charge is 2.27. The lowest BCUT2D eigenvalue weighted by atomic mass is 10.0. The number of carbonyl (C=O) groups excluding carboxylic acids is 3. The van der Waals surface area contributed by atoms with E-state index in [0.29, 0.717) is 6.42 Å². The zero-order valence-electron chi connectivity index (χ0n) is 22.0. The van der Waals surface area contributed by atoms with Gasteiger partial charge in [0.1, 0.15) is 6.04 Å². The zero-order valence-corrected chi connectivity index (χ0v) is 23.7. The molecule has 2 rings (SSSR count). The predicted molar refractivity (Wildman–Crippen MR) is 155 cm³/mol. The molecule has 2 amide bonds. The van der Waals surface area contributed by atoms with E-state index in [-0.39, 0.29) is 54.9 Å². The van der Waals surface area contributed by atoms with Crippen molar-refractivity contribution in [1.82, 2.24) is 20.3 Å². The van der Waals surface area contributed by atoms with E-state index in [0.717, 1.165) is 11.3 Å². The average Bonchev–Trinajstić information content (AvgIpc) is 3.36. The molecule has 0 aliphatic rings. The van der Waals surface area contributed by atoms with Gasteiger partial charge < -0.3 is 38.6 Å². The Balaban J connectivity index is 2.08. The highest BCUT2D eigenvalue weighted by atomic mass is 32.2. The number of rotatable bonds is 17. The number of nitrogens with one attached hydrogen (secondary N) is 4. The van der Waals surface area contributed by atoms with Crippen molar-refractivity contribution < 1.29 is 22.8 Å².